The number of nitrogens with one attached hydrogen (secondary N) is 1. The van der Waals surface area contributed by atoms with Crippen molar-refractivity contribution >= 4 is 11.8 Å². The number of nitrogens with zero attached hydrogens (tertiary/aromatic N) is 8. The van der Waals surface area contributed by atoms with Gasteiger partial charge in [-0.15, -0.1) is 10.2 Å². The van der Waals surface area contributed by atoms with Gasteiger partial charge in [0.2, 0.25) is 11.8 Å². The van der Waals surface area contributed by atoms with E-state index in [4.69, 9.17) is 10.1 Å². The van der Waals surface area contributed by atoms with Gasteiger partial charge in [0.15, 0.2) is 5.82 Å². The first-order valence-electron chi connectivity index (χ1n) is 12.8. The summed E-state index contributed by atoms with van der Waals surface area (Å²) in [5.41, 5.74) is 2.11. The second-order valence-corrected chi connectivity index (χ2v) is 9.75. The van der Waals surface area contributed by atoms with Crippen LogP contribution in [-0.2, 0) is 19.0 Å². The van der Waals surface area contributed by atoms with Crippen LogP contribution in [0.15, 0.2) is 55.0 Å². The van der Waals surface area contributed by atoms with Gasteiger partial charge in [-0.1, -0.05) is 12.1 Å². The topological polar surface area (TPSA) is 112 Å². The SMILES string of the molecule is Cc1cnc(Nc2ccnn2CCCO)nc1-c1cc2n(c1)C[C@H](C)n1c-2nnc1C(F)(F)c1ccccc1F. The third-order valence-corrected chi connectivity index (χ3v) is 6.95. The van der Waals surface area contributed by atoms with E-state index >= 15 is 8.78 Å². The Labute approximate surface area is 227 Å². The number of aliphatic hydroxyl groups is 1. The smallest absolute Gasteiger partial charge is 0.334 e. The minimum atomic E-state index is -3.67. The summed E-state index contributed by atoms with van der Waals surface area (Å²) >= 11 is 0. The molecule has 13 heteroatoms. The molecule has 10 nitrogen and oxygen atoms in total. The number of benzene rings is 1. The van der Waals surface area contributed by atoms with Crippen molar-refractivity contribution in [1.29, 1.82) is 0 Å². The van der Waals surface area contributed by atoms with Crippen molar-refractivity contribution in [3.8, 4) is 22.8 Å². The molecule has 0 aliphatic carbocycles. The quantitative estimate of drug-likeness (QED) is 0.289. The highest BCUT2D eigenvalue weighted by atomic mass is 19.3. The Balaban J connectivity index is 1.35. The van der Waals surface area contributed by atoms with Crippen LogP contribution in [0.4, 0.5) is 24.9 Å². The zero-order valence-electron chi connectivity index (χ0n) is 21.8. The highest BCUT2D eigenvalue weighted by Gasteiger charge is 2.44. The Morgan fingerprint density at radius 1 is 1.18 bits per heavy atom. The fourth-order valence-corrected chi connectivity index (χ4v) is 5.03. The van der Waals surface area contributed by atoms with Gasteiger partial charge in [-0.2, -0.15) is 13.9 Å². The molecule has 0 saturated carbocycles. The molecule has 2 N–H and O–H groups in total. The molecule has 0 spiro atoms. The standard InChI is InChI=1S/C27H26F3N9O/c1-16-13-31-26(33-22-8-9-32-38(22)10-5-11-40)34-23(16)18-12-21-24-35-36-25(39(24)17(2)14-37(21)15-18)27(29,30)19-6-3-4-7-20(19)28/h3-4,6-9,12-13,15,17,40H,5,10-11,14H2,1-2H3,(H,31,33,34)/t17-/m0/s1. The molecule has 1 aromatic carbocycles. The third-order valence-electron chi connectivity index (χ3n) is 6.95. The number of aromatic nitrogens is 8. The van der Waals surface area contributed by atoms with Gasteiger partial charge in [0.1, 0.15) is 11.6 Å². The fraction of sp³-hybridized carbons (Fsp3) is 0.296. The lowest BCUT2D eigenvalue weighted by atomic mass is 10.1. The lowest BCUT2D eigenvalue weighted by Gasteiger charge is -2.27. The van der Waals surface area contributed by atoms with E-state index in [2.05, 4.69) is 25.6 Å². The Morgan fingerprint density at radius 3 is 2.80 bits per heavy atom. The van der Waals surface area contributed by atoms with E-state index in [1.54, 1.807) is 30.1 Å². The average Bonchev–Trinajstić information content (AvgIpc) is 3.67. The highest BCUT2D eigenvalue weighted by molar-refractivity contribution is 5.71. The number of hydrogen-bond donors (Lipinski definition) is 2. The number of halogens is 3. The highest BCUT2D eigenvalue weighted by Crippen LogP contribution is 2.42. The number of hydrogen-bond acceptors (Lipinski definition) is 7. The maximum atomic E-state index is 15.5. The van der Waals surface area contributed by atoms with E-state index in [0.717, 1.165) is 23.3 Å². The van der Waals surface area contributed by atoms with Crippen LogP contribution < -0.4 is 5.32 Å². The van der Waals surface area contributed by atoms with E-state index < -0.39 is 29.2 Å². The third kappa shape index (κ3) is 4.31. The number of aliphatic hydroxyl groups excluding tert-OH is 1. The van der Waals surface area contributed by atoms with Crippen molar-refractivity contribution in [2.24, 2.45) is 0 Å². The summed E-state index contributed by atoms with van der Waals surface area (Å²) in [6, 6.07) is 8.03. The molecular weight excluding hydrogens is 523 g/mol. The Hall–Kier alpha value is -4.52. The van der Waals surface area contributed by atoms with Crippen molar-refractivity contribution in [2.75, 3.05) is 11.9 Å². The van der Waals surface area contributed by atoms with Gasteiger partial charge in [-0.05, 0) is 44.0 Å². The summed E-state index contributed by atoms with van der Waals surface area (Å²) in [6.07, 6.45) is 5.82. The molecule has 1 atom stereocenters. The van der Waals surface area contributed by atoms with Crippen LogP contribution in [0.1, 0.15) is 36.3 Å². The minimum absolute atomic E-state index is 0.0540. The first-order chi connectivity index (χ1) is 19.3. The van der Waals surface area contributed by atoms with Crippen molar-refractivity contribution in [3.63, 3.8) is 0 Å². The average molecular weight is 550 g/mol. The van der Waals surface area contributed by atoms with Gasteiger partial charge in [0, 0.05) is 43.7 Å². The van der Waals surface area contributed by atoms with E-state index in [1.807, 2.05) is 23.8 Å². The summed E-state index contributed by atoms with van der Waals surface area (Å²) in [5.74, 6) is -3.95. The van der Waals surface area contributed by atoms with Crippen LogP contribution >= 0.6 is 0 Å². The summed E-state index contributed by atoms with van der Waals surface area (Å²) < 4.78 is 50.4. The Bertz CT molecular complexity index is 1690. The van der Waals surface area contributed by atoms with Gasteiger partial charge < -0.3 is 15.0 Å². The first kappa shape index (κ1) is 25.7. The summed E-state index contributed by atoms with van der Waals surface area (Å²) in [4.78, 5) is 9.12. The predicted molar refractivity (Wildman–Crippen MR) is 141 cm³/mol. The van der Waals surface area contributed by atoms with Crippen molar-refractivity contribution in [2.45, 2.75) is 45.3 Å². The van der Waals surface area contributed by atoms with E-state index in [-0.39, 0.29) is 12.4 Å². The first-order valence-corrected chi connectivity index (χ1v) is 12.8. The zero-order chi connectivity index (χ0) is 28.0. The van der Waals surface area contributed by atoms with E-state index in [0.29, 0.717) is 42.7 Å². The molecule has 40 heavy (non-hydrogen) atoms. The fourth-order valence-electron chi connectivity index (χ4n) is 5.03. The number of rotatable bonds is 8. The maximum absolute atomic E-state index is 15.5. The zero-order valence-corrected chi connectivity index (χ0v) is 21.8. The number of aryl methyl sites for hydroxylation is 2. The Morgan fingerprint density at radius 2 is 2.00 bits per heavy atom. The summed E-state index contributed by atoms with van der Waals surface area (Å²) in [7, 11) is 0. The molecule has 4 aromatic heterocycles. The van der Waals surface area contributed by atoms with E-state index in [1.165, 1.54) is 16.7 Å². The minimum Gasteiger partial charge on any atom is -0.396 e. The van der Waals surface area contributed by atoms with Crippen molar-refractivity contribution in [3.05, 3.63) is 77.8 Å². The molecule has 0 amide bonds. The van der Waals surface area contributed by atoms with Gasteiger partial charge in [-0.3, -0.25) is 4.57 Å². The number of fused-ring (bicyclic) bond motifs is 3. The van der Waals surface area contributed by atoms with Gasteiger partial charge in [0.25, 0.3) is 0 Å². The van der Waals surface area contributed by atoms with Crippen LogP contribution in [0.5, 0.6) is 0 Å². The molecule has 5 heterocycles. The lowest BCUT2D eigenvalue weighted by molar-refractivity contribution is 0.0231. The second-order valence-electron chi connectivity index (χ2n) is 9.75. The van der Waals surface area contributed by atoms with Crippen molar-refractivity contribution in [1.82, 2.24) is 39.1 Å². The summed E-state index contributed by atoms with van der Waals surface area (Å²) in [5, 5.41) is 24.5. The lowest BCUT2D eigenvalue weighted by Crippen LogP contribution is -2.28. The molecule has 0 fully saturated rings. The van der Waals surface area contributed by atoms with Crippen LogP contribution in [-0.4, -0.2) is 50.8 Å². The molecule has 0 bridgehead atoms. The predicted octanol–water partition coefficient (Wildman–Crippen LogP) is 4.69. The monoisotopic (exact) mass is 549 g/mol. The van der Waals surface area contributed by atoms with Crippen LogP contribution in [0.3, 0.4) is 0 Å². The molecular formula is C27H26F3N9O. The molecule has 0 saturated heterocycles. The largest absolute Gasteiger partial charge is 0.396 e. The number of anilines is 2. The maximum Gasteiger partial charge on any atom is 0.334 e. The molecule has 206 valence electrons. The number of alkyl halides is 2. The van der Waals surface area contributed by atoms with Crippen molar-refractivity contribution < 1.29 is 18.3 Å². The van der Waals surface area contributed by atoms with Gasteiger partial charge in [-0.25, -0.2) is 19.0 Å². The van der Waals surface area contributed by atoms with Crippen LogP contribution in [0.2, 0.25) is 0 Å². The molecule has 0 unspecified atom stereocenters. The molecule has 6 rings (SSSR count). The molecule has 0 radical (unpaired) electrons. The van der Waals surface area contributed by atoms with Crippen LogP contribution in [0.25, 0.3) is 22.8 Å². The Kier molecular flexibility index (Phi) is 6.37. The van der Waals surface area contributed by atoms with E-state index in [9.17, 15) is 4.39 Å². The van der Waals surface area contributed by atoms with Gasteiger partial charge >= 0.3 is 5.92 Å². The molecule has 1 aliphatic rings. The normalized spacial score (nSPS) is 14.7. The molecule has 5 aromatic rings. The van der Waals surface area contributed by atoms with Gasteiger partial charge in [0.05, 0.1) is 29.2 Å². The summed E-state index contributed by atoms with van der Waals surface area (Å²) in [6.45, 7) is 4.67. The molecule has 1 aliphatic heterocycles. The second kappa shape index (κ2) is 9.90. The van der Waals surface area contributed by atoms with Crippen LogP contribution in [0, 0.1) is 12.7 Å².